The molecule has 3 rings (SSSR count). The van der Waals surface area contributed by atoms with Gasteiger partial charge in [0.1, 0.15) is 5.75 Å². The fourth-order valence-corrected chi connectivity index (χ4v) is 3.71. The molecule has 0 spiro atoms. The summed E-state index contributed by atoms with van der Waals surface area (Å²) in [7, 11) is 1.62. The smallest absolute Gasteiger partial charge is 0.120 e. The van der Waals surface area contributed by atoms with Gasteiger partial charge in [0, 0.05) is 0 Å². The van der Waals surface area contributed by atoms with E-state index in [-0.39, 0.29) is 0 Å². The number of fused-ring (bicyclic) bond motifs is 1. The molecule has 0 heterocycles. The van der Waals surface area contributed by atoms with Gasteiger partial charge in [0.25, 0.3) is 0 Å². The second-order valence-electron chi connectivity index (χ2n) is 5.17. The third-order valence-corrected chi connectivity index (χ3v) is 4.69. The van der Waals surface area contributed by atoms with Crippen molar-refractivity contribution in [2.75, 3.05) is 7.11 Å². The predicted molar refractivity (Wildman–Crippen MR) is 67.3 cm³/mol. The van der Waals surface area contributed by atoms with E-state index in [2.05, 4.69) is 0 Å². The number of rotatable bonds is 3. The Labute approximate surface area is 107 Å². The van der Waals surface area contributed by atoms with Gasteiger partial charge >= 0.3 is 0 Å². The summed E-state index contributed by atoms with van der Waals surface area (Å²) in [6.07, 6.45) is 3.48. The Morgan fingerprint density at radius 2 is 2.06 bits per heavy atom. The fourth-order valence-electron chi connectivity index (χ4n) is 3.43. The predicted octanol–water partition coefficient (Wildman–Crippen LogP) is 3.43. The van der Waals surface area contributed by atoms with E-state index < -0.39 is 6.10 Å². The van der Waals surface area contributed by atoms with E-state index in [4.69, 9.17) is 16.3 Å². The number of halogens is 1. The molecule has 2 aliphatic rings. The lowest BCUT2D eigenvalue weighted by Gasteiger charge is -2.15. The molecule has 0 aromatic heterocycles. The van der Waals surface area contributed by atoms with Crippen molar-refractivity contribution in [1.29, 1.82) is 0 Å². The minimum Gasteiger partial charge on any atom is -0.497 e. The van der Waals surface area contributed by atoms with Crippen molar-refractivity contribution in [3.05, 3.63) is 28.8 Å². The Balaban J connectivity index is 1.80. The molecular formula is C14H17ClO2. The Morgan fingerprint density at radius 3 is 2.65 bits per heavy atom. The quantitative estimate of drug-likeness (QED) is 0.893. The van der Waals surface area contributed by atoms with E-state index in [0.29, 0.717) is 10.9 Å². The average Bonchev–Trinajstić information content (AvgIpc) is 2.81. The van der Waals surface area contributed by atoms with Crippen molar-refractivity contribution >= 4 is 11.6 Å². The molecule has 0 aliphatic heterocycles. The van der Waals surface area contributed by atoms with Crippen LogP contribution in [0.2, 0.25) is 5.02 Å². The first-order chi connectivity index (χ1) is 8.22. The van der Waals surface area contributed by atoms with Gasteiger partial charge in [-0.25, -0.2) is 0 Å². The number of ether oxygens (including phenoxy) is 1. The summed E-state index contributed by atoms with van der Waals surface area (Å²) in [5, 5.41) is 11.0. The molecule has 0 bridgehead atoms. The van der Waals surface area contributed by atoms with Crippen LogP contribution in [0, 0.1) is 17.8 Å². The molecule has 2 nitrogen and oxygen atoms in total. The first-order valence-electron chi connectivity index (χ1n) is 6.24. The van der Waals surface area contributed by atoms with E-state index in [0.717, 1.165) is 23.1 Å². The molecule has 1 N–H and O–H groups in total. The van der Waals surface area contributed by atoms with Gasteiger partial charge in [0.2, 0.25) is 0 Å². The maximum atomic E-state index is 10.4. The van der Waals surface area contributed by atoms with Crippen LogP contribution in [0.1, 0.15) is 30.9 Å². The first-order valence-corrected chi connectivity index (χ1v) is 6.61. The minimum absolute atomic E-state index is 0.399. The second-order valence-corrected chi connectivity index (χ2v) is 5.58. The van der Waals surface area contributed by atoms with Gasteiger partial charge in [-0.2, -0.15) is 0 Å². The number of benzene rings is 1. The topological polar surface area (TPSA) is 29.5 Å². The van der Waals surface area contributed by atoms with E-state index in [1.807, 2.05) is 12.1 Å². The van der Waals surface area contributed by atoms with E-state index in [9.17, 15) is 5.11 Å². The molecule has 3 unspecified atom stereocenters. The summed E-state index contributed by atoms with van der Waals surface area (Å²) in [4.78, 5) is 0. The van der Waals surface area contributed by atoms with Crippen molar-refractivity contribution in [2.45, 2.75) is 25.4 Å². The molecule has 2 saturated carbocycles. The second kappa shape index (κ2) is 4.18. The Morgan fingerprint density at radius 1 is 1.35 bits per heavy atom. The third-order valence-electron chi connectivity index (χ3n) is 4.36. The zero-order valence-electron chi connectivity index (χ0n) is 9.90. The molecule has 3 heteroatoms. The lowest BCUT2D eigenvalue weighted by atomic mass is 9.99. The number of methoxy groups -OCH3 is 1. The van der Waals surface area contributed by atoms with E-state index in [1.54, 1.807) is 13.2 Å². The Hall–Kier alpha value is -0.730. The minimum atomic E-state index is -0.399. The fraction of sp³-hybridized carbons (Fsp3) is 0.571. The summed E-state index contributed by atoms with van der Waals surface area (Å²) in [6, 6.07) is 5.53. The molecule has 1 aromatic rings. The highest BCUT2D eigenvalue weighted by molar-refractivity contribution is 6.31. The van der Waals surface area contributed by atoms with Crippen LogP contribution in [0.3, 0.4) is 0 Å². The molecule has 0 saturated heterocycles. The summed E-state index contributed by atoms with van der Waals surface area (Å²) in [5.74, 6) is 2.66. The first kappa shape index (κ1) is 11.4. The molecule has 3 atom stereocenters. The van der Waals surface area contributed by atoms with Gasteiger partial charge in [0.05, 0.1) is 18.2 Å². The van der Waals surface area contributed by atoms with Gasteiger partial charge in [-0.05, 0) is 48.3 Å². The third kappa shape index (κ3) is 1.84. The molecule has 0 radical (unpaired) electrons. The SMILES string of the molecule is COc1ccc(C(O)C2C3CCCC32)c(Cl)c1. The van der Waals surface area contributed by atoms with Crippen molar-refractivity contribution < 1.29 is 9.84 Å². The summed E-state index contributed by atoms with van der Waals surface area (Å²) in [5.41, 5.74) is 0.854. The van der Waals surface area contributed by atoms with Crippen molar-refractivity contribution in [1.82, 2.24) is 0 Å². The lowest BCUT2D eigenvalue weighted by Crippen LogP contribution is -2.05. The van der Waals surface area contributed by atoms with Crippen molar-refractivity contribution in [2.24, 2.45) is 17.8 Å². The maximum Gasteiger partial charge on any atom is 0.120 e. The van der Waals surface area contributed by atoms with E-state index >= 15 is 0 Å². The normalized spacial score (nSPS) is 32.1. The van der Waals surface area contributed by atoms with Crippen LogP contribution in [0.15, 0.2) is 18.2 Å². The largest absolute Gasteiger partial charge is 0.497 e. The molecule has 1 aromatic carbocycles. The van der Waals surface area contributed by atoms with Gasteiger partial charge in [0.15, 0.2) is 0 Å². The van der Waals surface area contributed by atoms with Gasteiger partial charge in [-0.3, -0.25) is 0 Å². The van der Waals surface area contributed by atoms with Crippen LogP contribution in [0.25, 0.3) is 0 Å². The van der Waals surface area contributed by atoms with Crippen molar-refractivity contribution in [3.63, 3.8) is 0 Å². The monoisotopic (exact) mass is 252 g/mol. The van der Waals surface area contributed by atoms with Gasteiger partial charge < -0.3 is 9.84 Å². The zero-order chi connectivity index (χ0) is 12.0. The van der Waals surface area contributed by atoms with Crippen LogP contribution in [-0.4, -0.2) is 12.2 Å². The molecule has 17 heavy (non-hydrogen) atoms. The molecule has 2 fully saturated rings. The number of aliphatic hydroxyl groups is 1. The standard InChI is InChI=1S/C14H17ClO2/c1-17-8-5-6-11(12(15)7-8)14(16)13-9-3-2-4-10(9)13/h5-7,9-10,13-14,16H,2-4H2,1H3. The molecule has 92 valence electrons. The highest BCUT2D eigenvalue weighted by atomic mass is 35.5. The van der Waals surface area contributed by atoms with Crippen LogP contribution >= 0.6 is 11.6 Å². The molecule has 2 aliphatic carbocycles. The van der Waals surface area contributed by atoms with Gasteiger partial charge in [-0.15, -0.1) is 0 Å². The van der Waals surface area contributed by atoms with Crippen LogP contribution < -0.4 is 4.74 Å². The van der Waals surface area contributed by atoms with Crippen LogP contribution in [0.5, 0.6) is 5.75 Å². The summed E-state index contributed by atoms with van der Waals surface area (Å²) >= 11 is 6.19. The lowest BCUT2D eigenvalue weighted by molar-refractivity contribution is 0.137. The maximum absolute atomic E-state index is 10.4. The number of hydrogen-bond donors (Lipinski definition) is 1. The average molecular weight is 253 g/mol. The highest BCUT2D eigenvalue weighted by Crippen LogP contribution is 2.62. The van der Waals surface area contributed by atoms with Gasteiger partial charge in [-0.1, -0.05) is 24.1 Å². The van der Waals surface area contributed by atoms with Crippen LogP contribution in [-0.2, 0) is 0 Å². The van der Waals surface area contributed by atoms with Crippen molar-refractivity contribution in [3.8, 4) is 5.75 Å². The highest BCUT2D eigenvalue weighted by Gasteiger charge is 2.56. The molecule has 0 amide bonds. The zero-order valence-corrected chi connectivity index (χ0v) is 10.7. The Bertz CT molecular complexity index is 422. The van der Waals surface area contributed by atoms with Crippen LogP contribution in [0.4, 0.5) is 0 Å². The Kier molecular flexibility index (Phi) is 2.80. The van der Waals surface area contributed by atoms with E-state index in [1.165, 1.54) is 19.3 Å². The summed E-state index contributed by atoms with van der Waals surface area (Å²) < 4.78 is 5.11. The molecular weight excluding hydrogens is 236 g/mol. The number of hydrogen-bond acceptors (Lipinski definition) is 2. The number of aliphatic hydroxyl groups excluding tert-OH is 1. The summed E-state index contributed by atoms with van der Waals surface area (Å²) in [6.45, 7) is 0.